The van der Waals surface area contributed by atoms with Crippen LogP contribution in [0.15, 0.2) is 60.2 Å². The number of amides is 1. The van der Waals surface area contributed by atoms with Crippen LogP contribution in [0.3, 0.4) is 0 Å². The first-order chi connectivity index (χ1) is 15.6. The molecule has 1 amide bonds. The topological polar surface area (TPSA) is 49.9 Å². The van der Waals surface area contributed by atoms with Gasteiger partial charge in [0.1, 0.15) is 5.66 Å². The van der Waals surface area contributed by atoms with Crippen molar-refractivity contribution in [3.05, 3.63) is 71.3 Å². The van der Waals surface area contributed by atoms with E-state index in [9.17, 15) is 9.59 Å². The van der Waals surface area contributed by atoms with E-state index in [1.807, 2.05) is 41.3 Å². The van der Waals surface area contributed by atoms with Crippen LogP contribution >= 0.6 is 0 Å². The quantitative estimate of drug-likeness (QED) is 0.461. The van der Waals surface area contributed by atoms with Crippen molar-refractivity contribution in [2.24, 2.45) is 0 Å². The van der Waals surface area contributed by atoms with Gasteiger partial charge in [0.25, 0.3) is 0 Å². The lowest BCUT2D eigenvalue weighted by molar-refractivity contribution is -0.121. The molecule has 1 fully saturated rings. The number of allylic oxidation sites excluding steroid dienone is 1. The van der Waals surface area contributed by atoms with Crippen LogP contribution in [0.25, 0.3) is 0 Å². The van der Waals surface area contributed by atoms with E-state index in [1.165, 1.54) is 38.4 Å². The van der Waals surface area contributed by atoms with Crippen LogP contribution in [0.2, 0.25) is 0 Å². The number of methoxy groups -OCH3 is 1. The van der Waals surface area contributed by atoms with E-state index in [2.05, 4.69) is 23.1 Å². The number of esters is 1. The Bertz CT molecular complexity index is 1060. The Balaban J connectivity index is 1.64. The molecule has 32 heavy (non-hydrogen) atoms. The second-order valence-corrected chi connectivity index (χ2v) is 8.97. The van der Waals surface area contributed by atoms with E-state index < -0.39 is 5.66 Å². The van der Waals surface area contributed by atoms with Crippen molar-refractivity contribution < 1.29 is 14.3 Å². The number of anilines is 2. The van der Waals surface area contributed by atoms with Crippen molar-refractivity contribution in [3.63, 3.8) is 0 Å². The number of piperidine rings is 1. The van der Waals surface area contributed by atoms with Crippen LogP contribution in [-0.4, -0.2) is 25.5 Å². The lowest BCUT2D eigenvalue weighted by Gasteiger charge is -2.48. The molecule has 1 saturated heterocycles. The minimum absolute atomic E-state index is 0.114. The zero-order chi connectivity index (χ0) is 22.1. The highest BCUT2D eigenvalue weighted by molar-refractivity contribution is 6.05. The SMILES string of the molecule is COC(=O)c1ccc2c(c1)N1C(=O)CCCC1(c1ccccc1)N2CCC1=CCCCC1. The van der Waals surface area contributed by atoms with Gasteiger partial charge in [-0.1, -0.05) is 42.0 Å². The molecule has 3 aliphatic rings. The fourth-order valence-corrected chi connectivity index (χ4v) is 5.71. The Morgan fingerprint density at radius 1 is 1.03 bits per heavy atom. The molecule has 0 radical (unpaired) electrons. The predicted molar refractivity (Wildman–Crippen MR) is 126 cm³/mol. The molecule has 2 heterocycles. The third-order valence-corrected chi connectivity index (χ3v) is 7.19. The zero-order valence-electron chi connectivity index (χ0n) is 18.7. The molecule has 0 aromatic heterocycles. The molecule has 0 bridgehead atoms. The first-order valence-corrected chi connectivity index (χ1v) is 11.7. The van der Waals surface area contributed by atoms with Gasteiger partial charge in [-0.3, -0.25) is 9.69 Å². The summed E-state index contributed by atoms with van der Waals surface area (Å²) < 4.78 is 4.96. The molecule has 5 nitrogen and oxygen atoms in total. The second kappa shape index (κ2) is 8.45. The van der Waals surface area contributed by atoms with Crippen LogP contribution in [-0.2, 0) is 15.2 Å². The molecule has 5 heteroatoms. The molecule has 166 valence electrons. The highest BCUT2D eigenvalue weighted by Crippen LogP contribution is 2.55. The summed E-state index contributed by atoms with van der Waals surface area (Å²) in [6.07, 6.45) is 10.5. The minimum atomic E-state index is -0.553. The first-order valence-electron chi connectivity index (χ1n) is 11.7. The summed E-state index contributed by atoms with van der Waals surface area (Å²) in [6.45, 7) is 0.842. The number of rotatable bonds is 5. The maximum atomic E-state index is 13.4. The zero-order valence-corrected chi connectivity index (χ0v) is 18.7. The van der Waals surface area contributed by atoms with Crippen molar-refractivity contribution in [1.82, 2.24) is 0 Å². The minimum Gasteiger partial charge on any atom is -0.465 e. The lowest BCUT2D eigenvalue weighted by Crippen LogP contribution is -2.59. The maximum absolute atomic E-state index is 13.4. The van der Waals surface area contributed by atoms with Gasteiger partial charge < -0.3 is 9.64 Å². The third kappa shape index (κ3) is 3.31. The summed E-state index contributed by atoms with van der Waals surface area (Å²) in [6, 6.07) is 16.0. The largest absolute Gasteiger partial charge is 0.465 e. The molecule has 1 aliphatic carbocycles. The summed E-state index contributed by atoms with van der Waals surface area (Å²) in [7, 11) is 1.39. The molecule has 0 N–H and O–H groups in total. The number of carbonyl (C=O) groups is 2. The molecule has 0 spiro atoms. The van der Waals surface area contributed by atoms with Gasteiger partial charge in [0.2, 0.25) is 5.91 Å². The molecule has 1 atom stereocenters. The van der Waals surface area contributed by atoms with Crippen LogP contribution < -0.4 is 9.80 Å². The Kier molecular flexibility index (Phi) is 5.50. The number of nitrogens with zero attached hydrogens (tertiary/aromatic N) is 2. The molecular weight excluding hydrogens is 400 g/mol. The van der Waals surface area contributed by atoms with Gasteiger partial charge in [0.05, 0.1) is 24.0 Å². The molecular formula is C27H30N2O3. The van der Waals surface area contributed by atoms with Crippen molar-refractivity contribution in [2.45, 2.75) is 57.0 Å². The second-order valence-electron chi connectivity index (χ2n) is 8.97. The fourth-order valence-electron chi connectivity index (χ4n) is 5.71. The fraction of sp³-hybridized carbons (Fsp3) is 0.407. The molecule has 5 rings (SSSR count). The number of carbonyl (C=O) groups excluding carboxylic acids is 2. The lowest BCUT2D eigenvalue weighted by atomic mass is 9.87. The van der Waals surface area contributed by atoms with Crippen molar-refractivity contribution in [3.8, 4) is 0 Å². The van der Waals surface area contributed by atoms with Gasteiger partial charge in [0.15, 0.2) is 0 Å². The Morgan fingerprint density at radius 3 is 2.62 bits per heavy atom. The van der Waals surface area contributed by atoms with E-state index in [1.54, 1.807) is 0 Å². The van der Waals surface area contributed by atoms with Gasteiger partial charge in [-0.05, 0) is 68.7 Å². The normalized spacial score (nSPS) is 22.3. The predicted octanol–water partition coefficient (Wildman–Crippen LogP) is 5.55. The van der Waals surface area contributed by atoms with Crippen molar-refractivity contribution in [2.75, 3.05) is 23.5 Å². The first kappa shape index (κ1) is 20.8. The number of hydrogen-bond acceptors (Lipinski definition) is 4. The average Bonchev–Trinajstić information content (AvgIpc) is 3.14. The molecule has 1 unspecified atom stereocenters. The monoisotopic (exact) mass is 430 g/mol. The Morgan fingerprint density at radius 2 is 1.88 bits per heavy atom. The van der Waals surface area contributed by atoms with Gasteiger partial charge in [-0.2, -0.15) is 0 Å². The molecule has 0 saturated carbocycles. The Hall–Kier alpha value is -3.08. The highest BCUT2D eigenvalue weighted by atomic mass is 16.5. The summed E-state index contributed by atoms with van der Waals surface area (Å²) in [5.74, 6) is -0.267. The van der Waals surface area contributed by atoms with Gasteiger partial charge in [-0.25, -0.2) is 4.79 Å². The van der Waals surface area contributed by atoms with Gasteiger partial charge in [-0.15, -0.1) is 0 Å². The van der Waals surface area contributed by atoms with Crippen molar-refractivity contribution in [1.29, 1.82) is 0 Å². The van der Waals surface area contributed by atoms with E-state index in [-0.39, 0.29) is 11.9 Å². The van der Waals surface area contributed by atoms with E-state index in [4.69, 9.17) is 4.74 Å². The molecule has 2 aromatic carbocycles. The smallest absolute Gasteiger partial charge is 0.337 e. The summed E-state index contributed by atoms with van der Waals surface area (Å²) >= 11 is 0. The van der Waals surface area contributed by atoms with Crippen molar-refractivity contribution >= 4 is 23.3 Å². The maximum Gasteiger partial charge on any atom is 0.337 e. The van der Waals surface area contributed by atoms with Crippen LogP contribution in [0.1, 0.15) is 67.3 Å². The van der Waals surface area contributed by atoms with E-state index >= 15 is 0 Å². The average molecular weight is 431 g/mol. The third-order valence-electron chi connectivity index (χ3n) is 7.19. The molecule has 2 aromatic rings. The highest BCUT2D eigenvalue weighted by Gasteiger charge is 2.54. The summed E-state index contributed by atoms with van der Waals surface area (Å²) in [5, 5.41) is 0. The summed E-state index contributed by atoms with van der Waals surface area (Å²) in [5.41, 5.74) is 4.41. The van der Waals surface area contributed by atoms with Crippen LogP contribution in [0.5, 0.6) is 0 Å². The van der Waals surface area contributed by atoms with Gasteiger partial charge in [0, 0.05) is 13.0 Å². The standard InChI is InChI=1S/C27H30N2O3/c1-32-26(31)21-14-15-23-24(19-21)29-25(30)13-8-17-27(29,22-11-6-3-7-12-22)28(23)18-16-20-9-4-2-5-10-20/h3,6-7,9,11-12,14-15,19H,2,4-5,8,10,13,16-18H2,1H3. The number of hydrogen-bond donors (Lipinski definition) is 0. The van der Waals surface area contributed by atoms with E-state index in [0.717, 1.165) is 42.7 Å². The number of ether oxygens (including phenoxy) is 1. The number of fused-ring (bicyclic) bond motifs is 3. The van der Waals surface area contributed by atoms with E-state index in [0.29, 0.717) is 12.0 Å². The summed E-state index contributed by atoms with van der Waals surface area (Å²) in [4.78, 5) is 30.0. The van der Waals surface area contributed by atoms with Crippen LogP contribution in [0.4, 0.5) is 11.4 Å². The number of benzene rings is 2. The van der Waals surface area contributed by atoms with Gasteiger partial charge >= 0.3 is 5.97 Å². The van der Waals surface area contributed by atoms with Crippen LogP contribution in [0, 0.1) is 0 Å². The molecule has 2 aliphatic heterocycles. The Labute approximate surface area is 189 Å².